The number of aromatic nitrogens is 1. The van der Waals surface area contributed by atoms with Gasteiger partial charge in [-0.05, 0) is 117 Å². The van der Waals surface area contributed by atoms with Crippen molar-refractivity contribution >= 4 is 17.3 Å². The Bertz CT molecular complexity index is 1460. The van der Waals surface area contributed by atoms with Gasteiger partial charge < -0.3 is 10.0 Å². The topological polar surface area (TPSA) is 53.4 Å². The van der Waals surface area contributed by atoms with Crippen molar-refractivity contribution in [3.8, 4) is 0 Å². The van der Waals surface area contributed by atoms with E-state index in [-0.39, 0.29) is 23.6 Å². The fourth-order valence-electron chi connectivity index (χ4n) is 7.81. The quantitative estimate of drug-likeness (QED) is 0.212. The van der Waals surface area contributed by atoms with Gasteiger partial charge in [-0.3, -0.25) is 4.79 Å². The number of alkyl halides is 3. The Balaban J connectivity index is 1.10. The number of aryl methyl sites for hydroxylation is 1. The normalized spacial score (nSPS) is 23.8. The number of hydrogen-bond donors (Lipinski definition) is 1. The van der Waals surface area contributed by atoms with Crippen molar-refractivity contribution < 1.29 is 27.5 Å². The van der Waals surface area contributed by atoms with Gasteiger partial charge in [0.05, 0.1) is 22.2 Å². The van der Waals surface area contributed by atoms with Gasteiger partial charge in [0.2, 0.25) is 0 Å². The van der Waals surface area contributed by atoms with Crippen molar-refractivity contribution in [1.29, 1.82) is 0 Å². The molecule has 9 heteroatoms. The molecule has 6 rings (SSSR count). The van der Waals surface area contributed by atoms with E-state index < -0.39 is 17.7 Å². The number of carboxylic acids is 1. The molecule has 242 valence electrons. The van der Waals surface area contributed by atoms with Gasteiger partial charge in [0.1, 0.15) is 5.82 Å². The van der Waals surface area contributed by atoms with E-state index in [1.54, 1.807) is 35.6 Å². The number of thiazole rings is 1. The zero-order valence-electron chi connectivity index (χ0n) is 25.7. The summed E-state index contributed by atoms with van der Waals surface area (Å²) in [6.07, 6.45) is 3.74. The van der Waals surface area contributed by atoms with E-state index in [0.717, 1.165) is 105 Å². The first-order valence-electron chi connectivity index (χ1n) is 16.4. The second-order valence-corrected chi connectivity index (χ2v) is 14.6. The molecule has 4 atom stereocenters. The minimum Gasteiger partial charge on any atom is -0.481 e. The Morgan fingerprint density at radius 3 is 2.42 bits per heavy atom. The second-order valence-electron chi connectivity index (χ2n) is 13.5. The van der Waals surface area contributed by atoms with E-state index in [2.05, 4.69) is 11.8 Å². The van der Waals surface area contributed by atoms with E-state index in [1.807, 2.05) is 6.07 Å². The summed E-state index contributed by atoms with van der Waals surface area (Å²) in [6.45, 7) is 4.89. The Morgan fingerprint density at radius 2 is 1.80 bits per heavy atom. The number of piperidine rings is 1. The summed E-state index contributed by atoms with van der Waals surface area (Å²) >= 11 is 1.70. The van der Waals surface area contributed by atoms with Crippen LogP contribution in [0.2, 0.25) is 0 Å². The zero-order valence-corrected chi connectivity index (χ0v) is 26.6. The maximum Gasteiger partial charge on any atom is 0.416 e. The molecule has 2 aromatic carbocycles. The molecule has 4 nitrogen and oxygen atoms in total. The molecule has 0 bridgehead atoms. The third-order valence-corrected chi connectivity index (χ3v) is 11.6. The van der Waals surface area contributed by atoms with Crippen molar-refractivity contribution in [2.75, 3.05) is 19.6 Å². The van der Waals surface area contributed by atoms with Crippen LogP contribution >= 0.6 is 11.3 Å². The van der Waals surface area contributed by atoms with E-state index in [0.29, 0.717) is 24.2 Å². The Labute approximate surface area is 266 Å². The molecule has 0 spiro atoms. The molecule has 3 fully saturated rings. The van der Waals surface area contributed by atoms with Gasteiger partial charge in [-0.1, -0.05) is 44.0 Å². The van der Waals surface area contributed by atoms with E-state index in [1.165, 1.54) is 10.9 Å². The van der Waals surface area contributed by atoms with E-state index in [4.69, 9.17) is 4.98 Å². The maximum atomic E-state index is 14.3. The summed E-state index contributed by atoms with van der Waals surface area (Å²) in [5.74, 6) is 0.279. The number of carbonyl (C=O) groups is 1. The number of carboxylic acid groups (broad SMARTS) is 1. The zero-order chi connectivity index (χ0) is 31.7. The lowest BCUT2D eigenvalue weighted by molar-refractivity contribution is -0.144. The van der Waals surface area contributed by atoms with Crippen LogP contribution < -0.4 is 0 Å². The molecule has 45 heavy (non-hydrogen) atoms. The number of nitrogens with zero attached hydrogens (tertiary/aromatic N) is 2. The highest BCUT2D eigenvalue weighted by Gasteiger charge is 2.44. The van der Waals surface area contributed by atoms with Gasteiger partial charge in [0.15, 0.2) is 0 Å². The predicted molar refractivity (Wildman–Crippen MR) is 168 cm³/mol. The first kappa shape index (κ1) is 32.2. The van der Waals surface area contributed by atoms with Crippen LogP contribution in [-0.2, 0) is 23.8 Å². The largest absolute Gasteiger partial charge is 0.481 e. The number of hydrogen-bond acceptors (Lipinski definition) is 4. The first-order valence-corrected chi connectivity index (χ1v) is 17.2. The van der Waals surface area contributed by atoms with Crippen LogP contribution in [0, 0.1) is 29.5 Å². The Hall–Kier alpha value is -2.78. The lowest BCUT2D eigenvalue weighted by Gasteiger charge is -2.35. The smallest absolute Gasteiger partial charge is 0.416 e. The molecule has 1 saturated heterocycles. The van der Waals surface area contributed by atoms with Crippen molar-refractivity contribution in [1.82, 2.24) is 9.88 Å². The maximum absolute atomic E-state index is 14.3. The average molecular weight is 643 g/mol. The van der Waals surface area contributed by atoms with Crippen LogP contribution in [0.15, 0.2) is 48.5 Å². The molecule has 1 aromatic heterocycles. The highest BCUT2D eigenvalue weighted by atomic mass is 32.1. The number of rotatable bonds is 11. The molecule has 1 N–H and O–H groups in total. The molecular weight excluding hydrogens is 600 g/mol. The molecule has 3 aliphatic rings. The van der Waals surface area contributed by atoms with Crippen LogP contribution in [0.1, 0.15) is 96.0 Å². The second kappa shape index (κ2) is 13.5. The molecule has 3 unspecified atom stereocenters. The van der Waals surface area contributed by atoms with Gasteiger partial charge >= 0.3 is 12.1 Å². The third-order valence-electron chi connectivity index (χ3n) is 10.4. The minimum absolute atomic E-state index is 0.117. The van der Waals surface area contributed by atoms with Crippen molar-refractivity contribution in [2.24, 2.45) is 23.7 Å². The molecule has 0 radical (unpaired) electrons. The molecule has 1 aliphatic heterocycles. The van der Waals surface area contributed by atoms with Gasteiger partial charge in [0.25, 0.3) is 0 Å². The van der Waals surface area contributed by atoms with Crippen LogP contribution in [0.3, 0.4) is 0 Å². The number of benzene rings is 2. The molecule has 2 aliphatic carbocycles. The van der Waals surface area contributed by atoms with E-state index >= 15 is 0 Å². The van der Waals surface area contributed by atoms with Gasteiger partial charge in [0, 0.05) is 17.8 Å². The van der Waals surface area contributed by atoms with Gasteiger partial charge in [-0.2, -0.15) is 13.2 Å². The average Bonchev–Trinajstić information content (AvgIpc) is 3.60. The summed E-state index contributed by atoms with van der Waals surface area (Å²) in [4.78, 5) is 21.0. The van der Waals surface area contributed by atoms with Crippen LogP contribution in [-0.4, -0.2) is 40.6 Å². The molecule has 3 aromatic rings. The highest BCUT2D eigenvalue weighted by molar-refractivity contribution is 7.11. The summed E-state index contributed by atoms with van der Waals surface area (Å²) < 4.78 is 53.2. The predicted octanol–water partition coefficient (Wildman–Crippen LogP) is 8.94. The van der Waals surface area contributed by atoms with Crippen LogP contribution in [0.4, 0.5) is 17.6 Å². The van der Waals surface area contributed by atoms with Crippen molar-refractivity contribution in [3.63, 3.8) is 0 Å². The summed E-state index contributed by atoms with van der Waals surface area (Å²) in [5, 5.41) is 11.1. The lowest BCUT2D eigenvalue weighted by Crippen LogP contribution is -2.37. The molecular formula is C36H42F4N2O2S. The lowest BCUT2D eigenvalue weighted by atomic mass is 9.85. The third kappa shape index (κ3) is 7.79. The Kier molecular flexibility index (Phi) is 9.67. The van der Waals surface area contributed by atoms with Crippen molar-refractivity contribution in [3.05, 3.63) is 86.6 Å². The number of halogens is 4. The molecule has 2 heterocycles. The van der Waals surface area contributed by atoms with Gasteiger partial charge in [-0.25, -0.2) is 9.37 Å². The first-order chi connectivity index (χ1) is 21.6. The SMILES string of the molecule is CCc1nc(Cc2ccc(C(F)(F)F)cc2)sc1C1CCN(CC2CC([C@H](CC3CC3)C(=O)O)CC2c2cccc(F)c2)CC1. The minimum atomic E-state index is -4.34. The molecule has 0 amide bonds. The van der Waals surface area contributed by atoms with Crippen LogP contribution in [0.5, 0.6) is 0 Å². The Morgan fingerprint density at radius 1 is 1.07 bits per heavy atom. The summed E-state index contributed by atoms with van der Waals surface area (Å²) in [5.41, 5.74) is 2.28. The monoisotopic (exact) mass is 642 g/mol. The van der Waals surface area contributed by atoms with E-state index in [9.17, 15) is 27.5 Å². The summed E-state index contributed by atoms with van der Waals surface area (Å²) in [6, 6.07) is 12.3. The van der Waals surface area contributed by atoms with Crippen LogP contribution in [0.25, 0.3) is 0 Å². The van der Waals surface area contributed by atoms with Gasteiger partial charge in [-0.15, -0.1) is 11.3 Å². The highest BCUT2D eigenvalue weighted by Crippen LogP contribution is 2.50. The summed E-state index contributed by atoms with van der Waals surface area (Å²) in [7, 11) is 0. The number of likely N-dealkylation sites (tertiary alicyclic amines) is 1. The standard InChI is InChI=1S/C36H42F4N2O2S/c1-2-32-34(45-33(41-32)17-23-8-10-28(11-9-23)36(38,39)40)24-12-14-42(15-13-24)21-27-18-26(31(35(43)44)16-22-6-7-22)20-30(27)25-4-3-5-29(37)19-25/h3-5,8-11,19,22,24,26-27,30-31H,2,6-7,12-18,20-21H2,1H3,(H,43,44)/t26?,27?,30?,31-/m0/s1. The fourth-order valence-corrected chi connectivity index (χ4v) is 9.17. The number of aliphatic carboxylic acids is 1. The fraction of sp³-hybridized carbons (Fsp3) is 0.556. The van der Waals surface area contributed by atoms with Crippen molar-refractivity contribution in [2.45, 2.75) is 82.7 Å². The molecule has 2 saturated carbocycles.